The summed E-state index contributed by atoms with van der Waals surface area (Å²) in [7, 11) is 2.11. The molecular formula is C22H32NO3. The number of cyclic esters (lactones) is 1. The van der Waals surface area contributed by atoms with Gasteiger partial charge in [-0.15, -0.1) is 0 Å². The maximum Gasteiger partial charge on any atom is 0.312 e. The first-order valence-electron chi connectivity index (χ1n) is 10.2. The minimum absolute atomic E-state index is 0.0829. The van der Waals surface area contributed by atoms with E-state index in [9.17, 15) is 4.79 Å². The van der Waals surface area contributed by atoms with Crippen LogP contribution in [0.4, 0.5) is 0 Å². The van der Waals surface area contributed by atoms with Gasteiger partial charge in [-0.25, -0.2) is 0 Å². The zero-order valence-electron chi connectivity index (χ0n) is 16.4. The number of ether oxygens (including phenoxy) is 2. The molecule has 0 amide bonds. The summed E-state index contributed by atoms with van der Waals surface area (Å²) in [6.07, 6.45) is 11.7. The van der Waals surface area contributed by atoms with Crippen molar-refractivity contribution in [2.24, 2.45) is 35.5 Å². The number of fused-ring (bicyclic) bond motifs is 3. The van der Waals surface area contributed by atoms with E-state index in [0.717, 1.165) is 13.0 Å². The van der Waals surface area contributed by atoms with Crippen molar-refractivity contribution in [3.05, 3.63) is 30.3 Å². The predicted octanol–water partition coefficient (Wildman–Crippen LogP) is 3.80. The number of likely N-dealkylation sites (tertiary alicyclic amines) is 1. The van der Waals surface area contributed by atoms with Crippen LogP contribution in [0.15, 0.2) is 24.3 Å². The number of carbonyl (C=O) groups excluding carboxylic acids is 1. The molecule has 0 N–H and O–H groups in total. The van der Waals surface area contributed by atoms with Crippen molar-refractivity contribution in [2.45, 2.75) is 52.4 Å². The Kier molecular flexibility index (Phi) is 5.00. The van der Waals surface area contributed by atoms with Gasteiger partial charge in [0.15, 0.2) is 0 Å². The van der Waals surface area contributed by atoms with E-state index < -0.39 is 6.29 Å². The Morgan fingerprint density at radius 2 is 2.08 bits per heavy atom. The topological polar surface area (TPSA) is 38.8 Å². The number of nitrogens with zero attached hydrogens (tertiary/aromatic N) is 1. The fourth-order valence-corrected chi connectivity index (χ4v) is 5.46. The van der Waals surface area contributed by atoms with Crippen molar-refractivity contribution >= 4 is 5.97 Å². The molecule has 4 rings (SSSR count). The Morgan fingerprint density at radius 3 is 2.85 bits per heavy atom. The molecule has 143 valence electrons. The summed E-state index contributed by atoms with van der Waals surface area (Å²) in [5.74, 6) is 1.89. The molecule has 2 saturated heterocycles. The van der Waals surface area contributed by atoms with Gasteiger partial charge in [0.25, 0.3) is 0 Å². The third-order valence-electron chi connectivity index (χ3n) is 6.94. The molecule has 0 bridgehead atoms. The summed E-state index contributed by atoms with van der Waals surface area (Å²) in [5.41, 5.74) is 0. The van der Waals surface area contributed by atoms with Crippen molar-refractivity contribution in [1.29, 1.82) is 0 Å². The van der Waals surface area contributed by atoms with Crippen LogP contribution in [0.25, 0.3) is 0 Å². The molecule has 4 heteroatoms. The third-order valence-corrected chi connectivity index (χ3v) is 6.94. The highest BCUT2D eigenvalue weighted by Gasteiger charge is 2.55. The Labute approximate surface area is 157 Å². The SMILES string of the molecule is CC1CC[C@@H](C(C)C)[C@H](O[C@@H]2OC(=O)C3C4C=CC=C[C]4N(C)CC32)C1. The smallest absolute Gasteiger partial charge is 0.312 e. The van der Waals surface area contributed by atoms with Gasteiger partial charge in [-0.1, -0.05) is 51.5 Å². The average Bonchev–Trinajstić information content (AvgIpc) is 2.90. The Balaban J connectivity index is 1.52. The van der Waals surface area contributed by atoms with Gasteiger partial charge in [0.2, 0.25) is 6.29 Å². The first-order chi connectivity index (χ1) is 12.5. The summed E-state index contributed by atoms with van der Waals surface area (Å²) in [6, 6.07) is 1.22. The number of rotatable bonds is 3. The van der Waals surface area contributed by atoms with Crippen molar-refractivity contribution in [3.8, 4) is 0 Å². The zero-order valence-corrected chi connectivity index (χ0v) is 16.4. The number of hydrogen-bond donors (Lipinski definition) is 0. The van der Waals surface area contributed by atoms with Crippen LogP contribution in [0.2, 0.25) is 0 Å². The molecule has 3 fully saturated rings. The van der Waals surface area contributed by atoms with Crippen molar-refractivity contribution in [2.75, 3.05) is 13.6 Å². The summed E-state index contributed by atoms with van der Waals surface area (Å²) < 4.78 is 12.4. The van der Waals surface area contributed by atoms with E-state index in [0.29, 0.717) is 17.8 Å². The van der Waals surface area contributed by atoms with E-state index in [1.165, 1.54) is 18.9 Å². The van der Waals surface area contributed by atoms with Gasteiger partial charge in [0.1, 0.15) is 0 Å². The van der Waals surface area contributed by atoms with Gasteiger partial charge < -0.3 is 9.47 Å². The molecule has 4 unspecified atom stereocenters. The number of carbonyl (C=O) groups is 1. The minimum atomic E-state index is -0.396. The Morgan fingerprint density at radius 1 is 1.27 bits per heavy atom. The van der Waals surface area contributed by atoms with Crippen LogP contribution >= 0.6 is 0 Å². The van der Waals surface area contributed by atoms with Crippen LogP contribution in [-0.2, 0) is 14.3 Å². The van der Waals surface area contributed by atoms with Crippen molar-refractivity contribution in [3.63, 3.8) is 0 Å². The maximum absolute atomic E-state index is 12.7. The normalized spacial score (nSPS) is 43.4. The number of esters is 1. The molecule has 0 spiro atoms. The molecule has 7 atom stereocenters. The lowest BCUT2D eigenvalue weighted by Crippen LogP contribution is -2.49. The lowest BCUT2D eigenvalue weighted by atomic mass is 9.72. The minimum Gasteiger partial charge on any atom is -0.435 e. The van der Waals surface area contributed by atoms with Crippen molar-refractivity contribution < 1.29 is 14.3 Å². The van der Waals surface area contributed by atoms with Crippen LogP contribution in [0.3, 0.4) is 0 Å². The van der Waals surface area contributed by atoms with Gasteiger partial charge in [0.05, 0.1) is 18.1 Å². The number of allylic oxidation sites excluding steroid dienone is 2. The highest BCUT2D eigenvalue weighted by molar-refractivity contribution is 5.77. The molecule has 0 aromatic carbocycles. The first-order valence-corrected chi connectivity index (χ1v) is 10.2. The van der Waals surface area contributed by atoms with Gasteiger partial charge in [-0.3, -0.25) is 9.69 Å². The molecule has 2 aliphatic heterocycles. The lowest BCUT2D eigenvalue weighted by Gasteiger charge is -2.43. The van der Waals surface area contributed by atoms with E-state index >= 15 is 0 Å². The van der Waals surface area contributed by atoms with Crippen LogP contribution in [0, 0.1) is 41.5 Å². The van der Waals surface area contributed by atoms with Gasteiger partial charge >= 0.3 is 5.97 Å². The second-order valence-electron chi connectivity index (χ2n) is 9.07. The summed E-state index contributed by atoms with van der Waals surface area (Å²) >= 11 is 0. The summed E-state index contributed by atoms with van der Waals surface area (Å²) in [5, 5.41) is 0. The van der Waals surface area contributed by atoms with Crippen molar-refractivity contribution in [1.82, 2.24) is 4.90 Å². The molecule has 1 radical (unpaired) electrons. The van der Waals surface area contributed by atoms with E-state index in [-0.39, 0.29) is 29.8 Å². The molecule has 0 aromatic rings. The molecule has 4 nitrogen and oxygen atoms in total. The van der Waals surface area contributed by atoms with E-state index in [1.807, 2.05) is 12.2 Å². The molecule has 2 aliphatic carbocycles. The highest BCUT2D eigenvalue weighted by Crippen LogP contribution is 2.47. The molecule has 4 aliphatic rings. The molecule has 2 heterocycles. The molecule has 0 aromatic heterocycles. The summed E-state index contributed by atoms with van der Waals surface area (Å²) in [4.78, 5) is 15.0. The third kappa shape index (κ3) is 3.16. The second kappa shape index (κ2) is 7.12. The highest BCUT2D eigenvalue weighted by atomic mass is 16.7. The van der Waals surface area contributed by atoms with Gasteiger partial charge in [0, 0.05) is 18.4 Å². The monoisotopic (exact) mass is 358 g/mol. The Bertz CT molecular complexity index is 598. The Hall–Kier alpha value is -1.13. The van der Waals surface area contributed by atoms with Crippen LogP contribution in [0.5, 0.6) is 0 Å². The van der Waals surface area contributed by atoms with E-state index in [1.54, 1.807) is 0 Å². The van der Waals surface area contributed by atoms with Crippen LogP contribution in [0.1, 0.15) is 40.0 Å². The number of likely N-dealkylation sites (N-methyl/N-ethyl adjacent to an activating group) is 1. The largest absolute Gasteiger partial charge is 0.435 e. The fourth-order valence-electron chi connectivity index (χ4n) is 5.46. The summed E-state index contributed by atoms with van der Waals surface area (Å²) in [6.45, 7) is 7.70. The van der Waals surface area contributed by atoms with Gasteiger partial charge in [-0.2, -0.15) is 0 Å². The average molecular weight is 359 g/mol. The van der Waals surface area contributed by atoms with Gasteiger partial charge in [-0.05, 0) is 37.6 Å². The fraction of sp³-hybridized carbons (Fsp3) is 0.727. The molecular weight excluding hydrogens is 326 g/mol. The zero-order chi connectivity index (χ0) is 18.4. The number of hydrogen-bond acceptors (Lipinski definition) is 4. The van der Waals surface area contributed by atoms with E-state index in [2.05, 4.69) is 44.9 Å². The first kappa shape index (κ1) is 18.2. The second-order valence-corrected chi connectivity index (χ2v) is 9.07. The van der Waals surface area contributed by atoms with Crippen LogP contribution in [-0.4, -0.2) is 36.9 Å². The predicted molar refractivity (Wildman–Crippen MR) is 101 cm³/mol. The van der Waals surface area contributed by atoms with E-state index in [4.69, 9.17) is 9.47 Å². The standard InChI is InChI=1S/C22H32NO3/c1-13(2)15-10-9-14(3)11-19(15)25-22-17-12-23(4)18-8-6-5-7-16(18)20(17)21(24)26-22/h5-8,13-17,19-20,22H,9-12H2,1-4H3/t14?,15-,16?,17?,19+,20?,22+/m0/s1. The lowest BCUT2D eigenvalue weighted by molar-refractivity contribution is -0.197. The molecule has 1 saturated carbocycles. The molecule has 26 heavy (non-hydrogen) atoms. The van der Waals surface area contributed by atoms with Crippen LogP contribution < -0.4 is 0 Å². The number of piperidine rings is 1. The quantitative estimate of drug-likeness (QED) is 0.720. The maximum atomic E-state index is 12.7.